The van der Waals surface area contributed by atoms with Crippen molar-refractivity contribution in [3.8, 4) is 11.9 Å². The molecular weight excluding hydrogens is 386 g/mol. The van der Waals surface area contributed by atoms with Gasteiger partial charge in [0.15, 0.2) is 11.6 Å². The molecule has 11 heteroatoms. The zero-order chi connectivity index (χ0) is 20.3. The second-order valence-corrected chi connectivity index (χ2v) is 6.50. The third-order valence-corrected chi connectivity index (χ3v) is 4.29. The Balaban J connectivity index is 1.79. The number of hydrogen-bond acceptors (Lipinski definition) is 7. The van der Waals surface area contributed by atoms with Gasteiger partial charge < -0.3 is 5.32 Å². The van der Waals surface area contributed by atoms with E-state index in [2.05, 4.69) is 20.4 Å². The van der Waals surface area contributed by atoms with Gasteiger partial charge in [-0.15, -0.1) is 0 Å². The first-order valence-electron chi connectivity index (χ1n) is 8.17. The Kier molecular flexibility index (Phi) is 5.47. The van der Waals surface area contributed by atoms with E-state index < -0.39 is 22.9 Å². The van der Waals surface area contributed by atoms with E-state index in [9.17, 15) is 14.9 Å². The standard InChI is InChI=1S/C17H14ClN7O3/c1-10(23-17(26)12-4-13(18)6-14(5-12)25(27)28)16-21-9-22-24(16)15-3-2-11(7-19)8-20-15/h2-5,8-10,14H,6H2,1H3,(H,23,26). The molecule has 0 saturated heterocycles. The number of carbonyl (C=O) groups excluding carboxylic acids is 1. The van der Waals surface area contributed by atoms with Crippen LogP contribution in [0.25, 0.3) is 5.82 Å². The lowest BCUT2D eigenvalue weighted by Gasteiger charge is -2.17. The summed E-state index contributed by atoms with van der Waals surface area (Å²) in [4.78, 5) is 31.4. The Morgan fingerprint density at radius 3 is 2.93 bits per heavy atom. The molecule has 2 aromatic heterocycles. The lowest BCUT2D eigenvalue weighted by Crippen LogP contribution is -2.31. The first-order chi connectivity index (χ1) is 13.4. The number of carbonyl (C=O) groups is 1. The van der Waals surface area contributed by atoms with Gasteiger partial charge in [0.05, 0.1) is 18.0 Å². The highest BCUT2D eigenvalue weighted by Crippen LogP contribution is 2.23. The van der Waals surface area contributed by atoms with E-state index in [4.69, 9.17) is 16.9 Å². The molecule has 1 aliphatic carbocycles. The summed E-state index contributed by atoms with van der Waals surface area (Å²) in [7, 11) is 0. The Morgan fingerprint density at radius 2 is 2.29 bits per heavy atom. The number of rotatable bonds is 5. The largest absolute Gasteiger partial charge is 0.342 e. The molecule has 1 aliphatic rings. The highest BCUT2D eigenvalue weighted by Gasteiger charge is 2.27. The Hall–Kier alpha value is -3.58. The lowest BCUT2D eigenvalue weighted by atomic mass is 10.0. The van der Waals surface area contributed by atoms with E-state index in [1.165, 1.54) is 29.4 Å². The third-order valence-electron chi connectivity index (χ3n) is 4.02. The van der Waals surface area contributed by atoms with Gasteiger partial charge in [0.25, 0.3) is 5.91 Å². The summed E-state index contributed by atoms with van der Waals surface area (Å²) in [5.74, 6) is 0.322. The number of hydrogen-bond donors (Lipinski definition) is 1. The highest BCUT2D eigenvalue weighted by molar-refractivity contribution is 6.30. The quantitative estimate of drug-likeness (QED) is 0.597. The second kappa shape index (κ2) is 7.98. The molecule has 2 atom stereocenters. The normalized spacial score (nSPS) is 17.1. The zero-order valence-electron chi connectivity index (χ0n) is 14.6. The van der Waals surface area contributed by atoms with E-state index in [1.807, 2.05) is 6.07 Å². The molecule has 0 bridgehead atoms. The SMILES string of the molecule is CC(NC(=O)C1=CC([N+](=O)[O-])CC(Cl)=C1)c1ncnn1-c1ccc(C#N)cn1. The lowest BCUT2D eigenvalue weighted by molar-refractivity contribution is -0.508. The minimum atomic E-state index is -1.04. The minimum absolute atomic E-state index is 0.0551. The molecule has 1 N–H and O–H groups in total. The van der Waals surface area contributed by atoms with E-state index in [0.29, 0.717) is 17.2 Å². The number of nitriles is 1. The molecule has 0 spiro atoms. The van der Waals surface area contributed by atoms with Crippen molar-refractivity contribution in [3.05, 3.63) is 68.9 Å². The molecule has 2 aromatic rings. The van der Waals surface area contributed by atoms with E-state index in [0.717, 1.165) is 0 Å². The van der Waals surface area contributed by atoms with Gasteiger partial charge in [-0.3, -0.25) is 14.9 Å². The van der Waals surface area contributed by atoms with Crippen molar-refractivity contribution in [2.24, 2.45) is 0 Å². The van der Waals surface area contributed by atoms with Crippen molar-refractivity contribution in [2.45, 2.75) is 25.4 Å². The van der Waals surface area contributed by atoms with Gasteiger partial charge in [0.1, 0.15) is 12.4 Å². The smallest absolute Gasteiger partial charge is 0.251 e. The van der Waals surface area contributed by atoms with Crippen LogP contribution in [0.4, 0.5) is 0 Å². The van der Waals surface area contributed by atoms with Crippen LogP contribution in [0.15, 0.2) is 47.4 Å². The average molecular weight is 400 g/mol. The summed E-state index contributed by atoms with van der Waals surface area (Å²) in [6, 6.07) is 3.57. The maximum Gasteiger partial charge on any atom is 0.251 e. The van der Waals surface area contributed by atoms with Crippen molar-refractivity contribution >= 4 is 17.5 Å². The summed E-state index contributed by atoms with van der Waals surface area (Å²) < 4.78 is 1.43. The summed E-state index contributed by atoms with van der Waals surface area (Å²) in [5, 5.41) is 27.0. The van der Waals surface area contributed by atoms with Gasteiger partial charge in [-0.25, -0.2) is 9.97 Å². The molecule has 2 unspecified atom stereocenters. The van der Waals surface area contributed by atoms with Crippen molar-refractivity contribution in [1.82, 2.24) is 25.1 Å². The fourth-order valence-electron chi connectivity index (χ4n) is 2.66. The maximum atomic E-state index is 12.5. The number of aromatic nitrogens is 4. The van der Waals surface area contributed by atoms with Crippen LogP contribution in [-0.4, -0.2) is 36.6 Å². The molecule has 0 aliphatic heterocycles. The molecule has 1 amide bonds. The number of amides is 1. The van der Waals surface area contributed by atoms with Gasteiger partial charge in [-0.1, -0.05) is 11.6 Å². The van der Waals surface area contributed by atoms with E-state index in [1.54, 1.807) is 19.1 Å². The molecule has 10 nitrogen and oxygen atoms in total. The summed E-state index contributed by atoms with van der Waals surface area (Å²) in [6.45, 7) is 1.70. The van der Waals surface area contributed by atoms with Crippen LogP contribution in [0, 0.1) is 21.4 Å². The van der Waals surface area contributed by atoms with Gasteiger partial charge >= 0.3 is 0 Å². The van der Waals surface area contributed by atoms with Crippen molar-refractivity contribution in [2.75, 3.05) is 0 Å². The average Bonchev–Trinajstić information content (AvgIpc) is 3.17. The number of halogens is 1. The van der Waals surface area contributed by atoms with Crippen LogP contribution in [0.1, 0.15) is 30.8 Å². The summed E-state index contributed by atoms with van der Waals surface area (Å²) >= 11 is 5.94. The van der Waals surface area contributed by atoms with Gasteiger partial charge in [0, 0.05) is 27.8 Å². The van der Waals surface area contributed by atoms with Crippen LogP contribution in [0.5, 0.6) is 0 Å². The fourth-order valence-corrected chi connectivity index (χ4v) is 2.94. The summed E-state index contributed by atoms with van der Waals surface area (Å²) in [6.07, 6.45) is 5.47. The van der Waals surface area contributed by atoms with E-state index >= 15 is 0 Å². The molecule has 28 heavy (non-hydrogen) atoms. The van der Waals surface area contributed by atoms with Gasteiger partial charge in [-0.05, 0) is 25.1 Å². The van der Waals surface area contributed by atoms with Crippen molar-refractivity contribution in [1.29, 1.82) is 5.26 Å². The first kappa shape index (κ1) is 19.2. The van der Waals surface area contributed by atoms with Crippen molar-refractivity contribution < 1.29 is 9.72 Å². The van der Waals surface area contributed by atoms with Gasteiger partial charge in [0.2, 0.25) is 6.04 Å². The molecule has 142 valence electrons. The minimum Gasteiger partial charge on any atom is -0.342 e. The van der Waals surface area contributed by atoms with Crippen LogP contribution >= 0.6 is 11.6 Å². The van der Waals surface area contributed by atoms with E-state index in [-0.39, 0.29) is 17.0 Å². The Morgan fingerprint density at radius 1 is 1.50 bits per heavy atom. The van der Waals surface area contributed by atoms with Crippen LogP contribution in [0.2, 0.25) is 0 Å². The Bertz CT molecular complexity index is 1020. The Labute approximate surface area is 164 Å². The molecule has 3 rings (SSSR count). The van der Waals surface area contributed by atoms with Crippen LogP contribution < -0.4 is 5.32 Å². The predicted molar refractivity (Wildman–Crippen MR) is 97.8 cm³/mol. The van der Waals surface area contributed by atoms with Gasteiger partial charge in [-0.2, -0.15) is 15.0 Å². The van der Waals surface area contributed by atoms with Crippen LogP contribution in [0.3, 0.4) is 0 Å². The summed E-state index contributed by atoms with van der Waals surface area (Å²) in [5.41, 5.74) is 0.521. The molecule has 2 heterocycles. The topological polar surface area (TPSA) is 140 Å². The predicted octanol–water partition coefficient (Wildman–Crippen LogP) is 1.81. The number of nitrogens with zero attached hydrogens (tertiary/aromatic N) is 6. The molecule has 0 aromatic carbocycles. The number of nitrogens with one attached hydrogen (secondary N) is 1. The van der Waals surface area contributed by atoms with Crippen molar-refractivity contribution in [3.63, 3.8) is 0 Å². The highest BCUT2D eigenvalue weighted by atomic mass is 35.5. The first-order valence-corrected chi connectivity index (χ1v) is 8.55. The number of pyridine rings is 1. The monoisotopic (exact) mass is 399 g/mol. The molecule has 0 fully saturated rings. The van der Waals surface area contributed by atoms with Crippen LogP contribution in [-0.2, 0) is 4.79 Å². The maximum absolute atomic E-state index is 12.5. The fraction of sp³-hybridized carbons (Fsp3) is 0.235. The molecule has 0 radical (unpaired) electrons. The second-order valence-electron chi connectivity index (χ2n) is 6.01. The third kappa shape index (κ3) is 4.05. The molecule has 0 saturated carbocycles. The molecular formula is C17H14ClN7O3. The zero-order valence-corrected chi connectivity index (χ0v) is 15.4. The number of nitro groups is 1.